The third-order valence-electron chi connectivity index (χ3n) is 5.19. The van der Waals surface area contributed by atoms with Gasteiger partial charge >= 0.3 is 5.97 Å². The second kappa shape index (κ2) is 8.43. The number of ether oxygens (including phenoxy) is 1. The van der Waals surface area contributed by atoms with Crippen LogP contribution in [0.3, 0.4) is 0 Å². The average Bonchev–Trinajstić information content (AvgIpc) is 2.75. The zero-order valence-corrected chi connectivity index (χ0v) is 16.8. The summed E-state index contributed by atoms with van der Waals surface area (Å²) in [5.41, 5.74) is -0.729. The molecule has 0 radical (unpaired) electrons. The Balaban J connectivity index is 2.02. The SMILES string of the molecule is CCOC(=O)c1cn(-c2ccc(F)cc2F)c2cc(N3CCNCC3)c(F)cc2c1=O. The van der Waals surface area contributed by atoms with Gasteiger partial charge in [0.05, 0.1) is 23.5 Å². The van der Waals surface area contributed by atoms with Crippen LogP contribution in [0.15, 0.2) is 41.3 Å². The van der Waals surface area contributed by atoms with Gasteiger partial charge in [0.25, 0.3) is 0 Å². The molecule has 0 unspecified atom stereocenters. The molecule has 0 amide bonds. The van der Waals surface area contributed by atoms with E-state index in [9.17, 15) is 22.8 Å². The molecule has 162 valence electrons. The van der Waals surface area contributed by atoms with E-state index in [1.807, 2.05) is 4.90 Å². The Kier molecular flexibility index (Phi) is 5.69. The molecule has 9 heteroatoms. The highest BCUT2D eigenvalue weighted by molar-refractivity contribution is 5.95. The molecule has 31 heavy (non-hydrogen) atoms. The largest absolute Gasteiger partial charge is 0.462 e. The molecule has 1 saturated heterocycles. The summed E-state index contributed by atoms with van der Waals surface area (Å²) in [6, 6.07) is 5.46. The summed E-state index contributed by atoms with van der Waals surface area (Å²) >= 11 is 0. The lowest BCUT2D eigenvalue weighted by molar-refractivity contribution is 0.0524. The number of pyridine rings is 1. The van der Waals surface area contributed by atoms with E-state index in [4.69, 9.17) is 4.74 Å². The number of nitrogens with one attached hydrogen (secondary N) is 1. The molecule has 6 nitrogen and oxygen atoms in total. The Morgan fingerprint density at radius 1 is 1.06 bits per heavy atom. The van der Waals surface area contributed by atoms with Gasteiger partial charge in [0.15, 0.2) is 0 Å². The Morgan fingerprint density at radius 3 is 2.45 bits per heavy atom. The predicted molar refractivity (Wildman–Crippen MR) is 110 cm³/mol. The number of carbonyl (C=O) groups excluding carboxylic acids is 1. The normalized spacial score (nSPS) is 14.1. The molecule has 0 atom stereocenters. The molecule has 4 rings (SSSR count). The Bertz CT molecular complexity index is 1220. The van der Waals surface area contributed by atoms with Crippen molar-refractivity contribution in [2.24, 2.45) is 0 Å². The minimum absolute atomic E-state index is 0.0253. The second-order valence-electron chi connectivity index (χ2n) is 7.12. The van der Waals surface area contributed by atoms with Gasteiger partial charge in [-0.05, 0) is 31.2 Å². The molecule has 3 aromatic rings. The second-order valence-corrected chi connectivity index (χ2v) is 7.12. The lowest BCUT2D eigenvalue weighted by Gasteiger charge is -2.30. The van der Waals surface area contributed by atoms with Gasteiger partial charge in [-0.3, -0.25) is 4.79 Å². The number of benzene rings is 2. The molecular weight excluding hydrogens is 411 g/mol. The van der Waals surface area contributed by atoms with E-state index in [1.165, 1.54) is 16.7 Å². The number of hydrogen-bond donors (Lipinski definition) is 1. The van der Waals surface area contributed by atoms with E-state index in [-0.39, 0.29) is 34.4 Å². The molecule has 1 N–H and O–H groups in total. The Hall–Kier alpha value is -3.33. The molecule has 0 aliphatic carbocycles. The van der Waals surface area contributed by atoms with Crippen LogP contribution in [-0.2, 0) is 4.74 Å². The first-order chi connectivity index (χ1) is 14.9. The van der Waals surface area contributed by atoms with E-state index in [0.717, 1.165) is 18.3 Å². The van der Waals surface area contributed by atoms with Gasteiger partial charge in [-0.1, -0.05) is 0 Å². The number of hydrogen-bond acceptors (Lipinski definition) is 5. The van der Waals surface area contributed by atoms with Crippen molar-refractivity contribution in [1.29, 1.82) is 0 Å². The number of fused-ring (bicyclic) bond motifs is 1. The van der Waals surface area contributed by atoms with Gasteiger partial charge in [0.2, 0.25) is 5.43 Å². The molecule has 0 spiro atoms. The van der Waals surface area contributed by atoms with Crippen LogP contribution >= 0.6 is 0 Å². The number of esters is 1. The van der Waals surface area contributed by atoms with Crippen molar-refractivity contribution in [2.75, 3.05) is 37.7 Å². The zero-order chi connectivity index (χ0) is 22.1. The van der Waals surface area contributed by atoms with Crippen molar-refractivity contribution >= 4 is 22.6 Å². The van der Waals surface area contributed by atoms with Crippen LogP contribution in [-0.4, -0.2) is 43.3 Å². The summed E-state index contributed by atoms with van der Waals surface area (Å²) in [7, 11) is 0. The van der Waals surface area contributed by atoms with Gasteiger partial charge in [-0.25, -0.2) is 18.0 Å². The van der Waals surface area contributed by atoms with E-state index < -0.39 is 28.8 Å². The van der Waals surface area contributed by atoms with Crippen LogP contribution in [0.5, 0.6) is 0 Å². The standard InChI is InChI=1S/C22H20F3N3O3/c1-2-31-22(30)15-12-28(18-4-3-13(23)9-16(18)24)19-11-20(27-7-5-26-6-8-27)17(25)10-14(19)21(15)29/h3-4,9-12,26H,2,5-8H2,1H3. The molecule has 0 saturated carbocycles. The maximum Gasteiger partial charge on any atom is 0.343 e. The quantitative estimate of drug-likeness (QED) is 0.644. The summed E-state index contributed by atoms with van der Waals surface area (Å²) in [5.74, 6) is -3.20. The number of carbonyl (C=O) groups is 1. The highest BCUT2D eigenvalue weighted by Gasteiger charge is 2.22. The van der Waals surface area contributed by atoms with Crippen LogP contribution in [0.2, 0.25) is 0 Å². The third kappa shape index (κ3) is 3.88. The van der Waals surface area contributed by atoms with Crippen molar-refractivity contribution in [2.45, 2.75) is 6.92 Å². The topological polar surface area (TPSA) is 63.6 Å². The number of rotatable bonds is 4. The number of aromatic nitrogens is 1. The highest BCUT2D eigenvalue weighted by atomic mass is 19.1. The number of piperazine rings is 1. The van der Waals surface area contributed by atoms with E-state index in [0.29, 0.717) is 32.2 Å². The molecular formula is C22H20F3N3O3. The number of anilines is 1. The van der Waals surface area contributed by atoms with Crippen molar-refractivity contribution in [1.82, 2.24) is 9.88 Å². The zero-order valence-electron chi connectivity index (χ0n) is 16.8. The molecule has 1 fully saturated rings. The van der Waals surface area contributed by atoms with Crippen molar-refractivity contribution in [3.8, 4) is 5.69 Å². The predicted octanol–water partition coefficient (Wildman–Crippen LogP) is 2.99. The van der Waals surface area contributed by atoms with Crippen molar-refractivity contribution < 1.29 is 22.7 Å². The van der Waals surface area contributed by atoms with Gasteiger partial charge in [-0.15, -0.1) is 0 Å². The summed E-state index contributed by atoms with van der Waals surface area (Å²) in [4.78, 5) is 27.1. The summed E-state index contributed by atoms with van der Waals surface area (Å²) in [5, 5.41) is 3.07. The highest BCUT2D eigenvalue weighted by Crippen LogP contribution is 2.28. The van der Waals surface area contributed by atoms with Crippen molar-refractivity contribution in [3.63, 3.8) is 0 Å². The van der Waals surface area contributed by atoms with Gasteiger partial charge < -0.3 is 19.5 Å². The van der Waals surface area contributed by atoms with Crippen LogP contribution in [0.25, 0.3) is 16.6 Å². The lowest BCUT2D eigenvalue weighted by atomic mass is 10.1. The van der Waals surface area contributed by atoms with E-state index in [1.54, 1.807) is 6.92 Å². The minimum atomic E-state index is -0.905. The van der Waals surface area contributed by atoms with Gasteiger partial charge in [-0.2, -0.15) is 0 Å². The fourth-order valence-electron chi connectivity index (χ4n) is 3.71. The van der Waals surface area contributed by atoms with E-state index in [2.05, 4.69) is 5.32 Å². The maximum atomic E-state index is 15.0. The Morgan fingerprint density at radius 2 is 1.77 bits per heavy atom. The first-order valence-corrected chi connectivity index (χ1v) is 9.88. The molecule has 2 heterocycles. The fraction of sp³-hybridized carbons (Fsp3) is 0.273. The van der Waals surface area contributed by atoms with Gasteiger partial charge in [0, 0.05) is 43.8 Å². The number of nitrogens with zero attached hydrogens (tertiary/aromatic N) is 2. The lowest BCUT2D eigenvalue weighted by Crippen LogP contribution is -2.43. The monoisotopic (exact) mass is 431 g/mol. The smallest absolute Gasteiger partial charge is 0.343 e. The summed E-state index contributed by atoms with van der Waals surface area (Å²) in [6.07, 6.45) is 1.15. The first-order valence-electron chi connectivity index (χ1n) is 9.88. The van der Waals surface area contributed by atoms with Crippen LogP contribution in [0, 0.1) is 17.5 Å². The number of halogens is 3. The molecule has 1 aliphatic heterocycles. The minimum Gasteiger partial charge on any atom is -0.462 e. The van der Waals surface area contributed by atoms with Crippen LogP contribution in [0.1, 0.15) is 17.3 Å². The fourth-order valence-corrected chi connectivity index (χ4v) is 3.71. The first kappa shape index (κ1) is 20.9. The average molecular weight is 431 g/mol. The molecule has 0 bridgehead atoms. The molecule has 1 aromatic heterocycles. The summed E-state index contributed by atoms with van der Waals surface area (Å²) < 4.78 is 49.3. The van der Waals surface area contributed by atoms with E-state index >= 15 is 0 Å². The van der Waals surface area contributed by atoms with Crippen LogP contribution in [0.4, 0.5) is 18.9 Å². The third-order valence-corrected chi connectivity index (χ3v) is 5.19. The van der Waals surface area contributed by atoms with Crippen LogP contribution < -0.4 is 15.6 Å². The van der Waals surface area contributed by atoms with Crippen molar-refractivity contribution in [3.05, 3.63) is 69.8 Å². The molecule has 1 aliphatic rings. The Labute approximate surface area is 175 Å². The summed E-state index contributed by atoms with van der Waals surface area (Å²) in [6.45, 7) is 4.04. The maximum absolute atomic E-state index is 15.0. The van der Waals surface area contributed by atoms with Gasteiger partial charge in [0.1, 0.15) is 23.0 Å². The molecule has 2 aromatic carbocycles.